The van der Waals surface area contributed by atoms with Gasteiger partial charge in [0.05, 0.1) is 0 Å². The molecule has 0 saturated heterocycles. The summed E-state index contributed by atoms with van der Waals surface area (Å²) in [6, 6.07) is 0. The molecule has 3 aliphatic carbocycles. The fourth-order valence-corrected chi connectivity index (χ4v) is 4.60. The maximum Gasteiger partial charge on any atom is 0.136 e. The predicted octanol–water partition coefficient (Wildman–Crippen LogP) is 8.38. The van der Waals surface area contributed by atoms with Crippen LogP contribution >= 0.6 is 0 Å². The van der Waals surface area contributed by atoms with E-state index in [0.717, 1.165) is 31.6 Å². The lowest BCUT2D eigenvalue weighted by molar-refractivity contribution is -0.124. The van der Waals surface area contributed by atoms with E-state index in [0.29, 0.717) is 17.6 Å². The minimum absolute atomic E-state index is 0. The van der Waals surface area contributed by atoms with Crippen molar-refractivity contribution in [2.45, 2.75) is 98.3 Å². The normalized spacial score (nSPS) is 25.1. The van der Waals surface area contributed by atoms with Crippen molar-refractivity contribution in [2.24, 2.45) is 17.8 Å². The number of hydrogen-bond donors (Lipinski definition) is 0. The van der Waals surface area contributed by atoms with Crippen LogP contribution in [0.25, 0.3) is 0 Å². The highest BCUT2D eigenvalue weighted by Gasteiger charge is 2.32. The summed E-state index contributed by atoms with van der Waals surface area (Å²) in [6.07, 6.45) is 25.4. The number of allylic oxidation sites excluding steroid dienone is 7. The molecule has 3 unspecified atom stereocenters. The molecule has 3 rings (SSSR count). The molecule has 1 saturated carbocycles. The van der Waals surface area contributed by atoms with E-state index in [9.17, 15) is 4.79 Å². The maximum absolute atomic E-state index is 12.3. The summed E-state index contributed by atoms with van der Waals surface area (Å²) >= 11 is 0. The average Bonchev–Trinajstić information content (AvgIpc) is 3.20. The van der Waals surface area contributed by atoms with Crippen LogP contribution in [0.15, 0.2) is 48.1 Å². The first-order chi connectivity index (χ1) is 13.1. The smallest absolute Gasteiger partial charge is 0.136 e. The van der Waals surface area contributed by atoms with Crippen molar-refractivity contribution in [3.8, 4) is 0 Å². The number of unbranched alkanes of at least 4 members (excludes halogenated alkanes) is 2. The van der Waals surface area contributed by atoms with Crippen LogP contribution in [0.5, 0.6) is 0 Å². The fourth-order valence-electron chi connectivity index (χ4n) is 4.60. The molecule has 3 aliphatic rings. The topological polar surface area (TPSA) is 17.1 Å². The van der Waals surface area contributed by atoms with Gasteiger partial charge in [0.1, 0.15) is 5.78 Å². The molecule has 0 aliphatic heterocycles. The van der Waals surface area contributed by atoms with Gasteiger partial charge in [0.2, 0.25) is 0 Å². The van der Waals surface area contributed by atoms with Gasteiger partial charge in [0, 0.05) is 12.3 Å². The Balaban J connectivity index is 0.000000307. The molecule has 0 spiro atoms. The van der Waals surface area contributed by atoms with Gasteiger partial charge in [0.25, 0.3) is 0 Å². The van der Waals surface area contributed by atoms with Gasteiger partial charge >= 0.3 is 0 Å². The summed E-state index contributed by atoms with van der Waals surface area (Å²) in [5.41, 5.74) is 2.85. The molecule has 1 fully saturated rings. The number of rotatable bonds is 8. The Hall–Kier alpha value is -1.37. The molecular formula is C27H44O. The second-order valence-electron chi connectivity index (χ2n) is 8.70. The van der Waals surface area contributed by atoms with Gasteiger partial charge in [-0.3, -0.25) is 4.79 Å². The summed E-state index contributed by atoms with van der Waals surface area (Å²) in [7, 11) is 0. The zero-order valence-electron chi connectivity index (χ0n) is 17.7. The Labute approximate surface area is 175 Å². The average molecular weight is 385 g/mol. The molecule has 0 amide bonds. The van der Waals surface area contributed by atoms with Crippen molar-refractivity contribution >= 4 is 5.78 Å². The van der Waals surface area contributed by atoms with Gasteiger partial charge < -0.3 is 0 Å². The highest BCUT2D eigenvalue weighted by atomic mass is 16.1. The van der Waals surface area contributed by atoms with E-state index in [1.807, 2.05) is 0 Å². The van der Waals surface area contributed by atoms with Crippen molar-refractivity contribution < 1.29 is 4.79 Å². The van der Waals surface area contributed by atoms with E-state index in [1.54, 1.807) is 0 Å². The van der Waals surface area contributed by atoms with Crippen LogP contribution in [0, 0.1) is 17.8 Å². The zero-order valence-corrected chi connectivity index (χ0v) is 17.7. The summed E-state index contributed by atoms with van der Waals surface area (Å²) in [6.45, 7) is 8.19. The van der Waals surface area contributed by atoms with Crippen molar-refractivity contribution in [3.05, 3.63) is 48.1 Å². The van der Waals surface area contributed by atoms with Gasteiger partial charge in [0.15, 0.2) is 0 Å². The number of hydrogen-bond acceptors (Lipinski definition) is 1. The summed E-state index contributed by atoms with van der Waals surface area (Å²) in [4.78, 5) is 12.3. The zero-order chi connectivity index (χ0) is 19.5. The Morgan fingerprint density at radius 1 is 1.18 bits per heavy atom. The van der Waals surface area contributed by atoms with Crippen LogP contribution in [0.2, 0.25) is 0 Å². The largest absolute Gasteiger partial charge is 0.299 e. The van der Waals surface area contributed by atoms with Gasteiger partial charge in [-0.1, -0.05) is 68.7 Å². The summed E-state index contributed by atoms with van der Waals surface area (Å²) in [5, 5.41) is 0. The molecule has 0 heterocycles. The predicted molar refractivity (Wildman–Crippen MR) is 124 cm³/mol. The Bertz CT molecular complexity index is 563. The Morgan fingerprint density at radius 3 is 2.68 bits per heavy atom. The number of fused-ring (bicyclic) bond motifs is 1. The van der Waals surface area contributed by atoms with E-state index in [1.165, 1.54) is 62.5 Å². The van der Waals surface area contributed by atoms with Crippen LogP contribution < -0.4 is 0 Å². The number of ketones is 1. The summed E-state index contributed by atoms with van der Waals surface area (Å²) in [5.74, 6) is 2.26. The fraction of sp³-hybridized carbons (Fsp3) is 0.667. The first-order valence-corrected chi connectivity index (χ1v) is 11.3. The van der Waals surface area contributed by atoms with Gasteiger partial charge in [-0.25, -0.2) is 0 Å². The highest BCUT2D eigenvalue weighted by molar-refractivity contribution is 5.82. The Kier molecular flexibility index (Phi) is 12.1. The van der Waals surface area contributed by atoms with Gasteiger partial charge in [-0.2, -0.15) is 0 Å². The molecule has 0 aromatic heterocycles. The second-order valence-corrected chi connectivity index (χ2v) is 8.70. The molecule has 158 valence electrons. The lowest BCUT2D eigenvalue weighted by Crippen LogP contribution is -2.29. The van der Waals surface area contributed by atoms with Crippen LogP contribution in [0.4, 0.5) is 0 Å². The maximum atomic E-state index is 12.3. The number of Topliss-reactive ketones (excluding diaryl/α,β-unsaturated/α-hetero) is 1. The van der Waals surface area contributed by atoms with Crippen molar-refractivity contribution in [2.75, 3.05) is 0 Å². The molecule has 0 N–H and O–H groups in total. The van der Waals surface area contributed by atoms with Crippen LogP contribution in [-0.2, 0) is 4.79 Å². The van der Waals surface area contributed by atoms with Crippen molar-refractivity contribution in [3.63, 3.8) is 0 Å². The third-order valence-electron chi connectivity index (χ3n) is 6.27. The minimum Gasteiger partial charge on any atom is -0.299 e. The molecule has 28 heavy (non-hydrogen) atoms. The van der Waals surface area contributed by atoms with Gasteiger partial charge in [-0.15, -0.1) is 6.58 Å². The molecule has 1 heteroatoms. The lowest BCUT2D eigenvalue weighted by Gasteiger charge is -2.34. The molecule has 0 aromatic rings. The molecule has 1 nitrogen and oxygen atoms in total. The highest BCUT2D eigenvalue weighted by Crippen LogP contribution is 2.39. The second kappa shape index (κ2) is 13.7. The van der Waals surface area contributed by atoms with Crippen LogP contribution in [-0.4, -0.2) is 5.78 Å². The third kappa shape index (κ3) is 8.33. The SMILES string of the molecule is C.C=C(C)CCC1C=CCC1.CCCCCC(=O)C1CCCC2=CC=CCC21. The van der Waals surface area contributed by atoms with Crippen molar-refractivity contribution in [1.29, 1.82) is 0 Å². The molecule has 0 bridgehead atoms. The molecule has 0 radical (unpaired) electrons. The molecular weight excluding hydrogens is 340 g/mol. The number of carbonyl (C=O) groups excluding carboxylic acids is 1. The van der Waals surface area contributed by atoms with Crippen LogP contribution in [0.3, 0.4) is 0 Å². The van der Waals surface area contributed by atoms with Crippen LogP contribution in [0.1, 0.15) is 98.3 Å². The van der Waals surface area contributed by atoms with E-state index in [2.05, 4.69) is 50.8 Å². The standard InChI is InChI=1S/C16H24O.C10H16.CH4/c1-2-3-4-12-16(17)15-11-7-9-13-8-5-6-10-14(13)15;1-9(2)7-8-10-5-3-4-6-10;/h5-6,8,14-15H,2-4,7,9-12H2,1H3;3,5,10H,1,4,6-8H2,2H3;1H4. The minimum atomic E-state index is 0. The number of carbonyl (C=O) groups is 1. The van der Waals surface area contributed by atoms with E-state index >= 15 is 0 Å². The molecule has 3 atom stereocenters. The lowest BCUT2D eigenvalue weighted by atomic mass is 9.70. The first kappa shape index (κ1) is 24.7. The van der Waals surface area contributed by atoms with Gasteiger partial charge in [-0.05, 0) is 76.5 Å². The van der Waals surface area contributed by atoms with Crippen molar-refractivity contribution in [1.82, 2.24) is 0 Å². The van der Waals surface area contributed by atoms with E-state index < -0.39 is 0 Å². The monoisotopic (exact) mass is 384 g/mol. The van der Waals surface area contributed by atoms with E-state index in [-0.39, 0.29) is 7.43 Å². The van der Waals surface area contributed by atoms with E-state index in [4.69, 9.17) is 0 Å². The molecule has 0 aromatic carbocycles. The Morgan fingerprint density at radius 2 is 2.00 bits per heavy atom. The summed E-state index contributed by atoms with van der Waals surface area (Å²) < 4.78 is 0. The third-order valence-corrected chi connectivity index (χ3v) is 6.27. The quantitative estimate of drug-likeness (QED) is 0.303. The first-order valence-electron chi connectivity index (χ1n) is 11.3.